The van der Waals surface area contributed by atoms with Crippen molar-refractivity contribution in [1.29, 1.82) is 0 Å². The van der Waals surface area contributed by atoms with Crippen LogP contribution in [0, 0.1) is 0 Å². The maximum Gasteiger partial charge on any atom is 0.335 e. The number of carbonyl (C=O) groups excluding carboxylic acids is 2. The summed E-state index contributed by atoms with van der Waals surface area (Å²) in [5, 5.41) is 0. The Morgan fingerprint density at radius 3 is 0.958 bits per heavy atom. The van der Waals surface area contributed by atoms with Crippen molar-refractivity contribution in [3.63, 3.8) is 0 Å². The first kappa shape index (κ1) is 31.3. The first-order valence-electron chi connectivity index (χ1n) is 15.3. The Balaban J connectivity index is 1.27. The van der Waals surface area contributed by atoms with E-state index in [9.17, 15) is 9.59 Å². The minimum atomic E-state index is -0.499. The molecule has 0 radical (unpaired) electrons. The van der Waals surface area contributed by atoms with Gasteiger partial charge < -0.3 is 19.3 Å². The second-order valence-electron chi connectivity index (χ2n) is 10.7. The molecule has 0 bridgehead atoms. The number of hydrogen-bond donors (Lipinski definition) is 0. The molecule has 6 rings (SSSR count). The summed E-state index contributed by atoms with van der Waals surface area (Å²) in [5.41, 5.74) is 7.95. The second kappa shape index (κ2) is 14.6. The molecule has 0 unspecified atom stereocenters. The van der Waals surface area contributed by atoms with Crippen molar-refractivity contribution in [2.75, 3.05) is 9.80 Å². The van der Waals surface area contributed by atoms with Crippen molar-refractivity contribution in [2.24, 2.45) is 0 Å². The van der Waals surface area contributed by atoms with Gasteiger partial charge in [0.2, 0.25) is 0 Å². The zero-order valence-electron chi connectivity index (χ0n) is 26.1. The smallest absolute Gasteiger partial charge is 0.335 e. The highest BCUT2D eigenvalue weighted by Gasteiger charge is 2.15. The lowest BCUT2D eigenvalue weighted by atomic mass is 10.0. The monoisotopic (exact) mass is 628 g/mol. The average molecular weight is 629 g/mol. The third kappa shape index (κ3) is 7.25. The first-order chi connectivity index (χ1) is 23.5. The third-order valence-electron chi connectivity index (χ3n) is 7.57. The van der Waals surface area contributed by atoms with E-state index >= 15 is 0 Å². The van der Waals surface area contributed by atoms with Crippen LogP contribution in [-0.2, 0) is 9.59 Å². The fourth-order valence-electron chi connectivity index (χ4n) is 5.30. The summed E-state index contributed by atoms with van der Waals surface area (Å²) in [6, 6.07) is 51.8. The normalized spacial score (nSPS) is 10.4. The molecule has 0 amide bonds. The maximum absolute atomic E-state index is 11.7. The molecule has 0 heterocycles. The fraction of sp³-hybridized carbons (Fsp3) is 0. The van der Waals surface area contributed by atoms with Gasteiger partial charge in [0.1, 0.15) is 11.5 Å². The number of benzene rings is 6. The van der Waals surface area contributed by atoms with E-state index in [2.05, 4.69) is 95.8 Å². The lowest BCUT2D eigenvalue weighted by molar-refractivity contribution is -0.129. The highest BCUT2D eigenvalue weighted by atomic mass is 16.5. The number of esters is 2. The molecular formula is C42H32N2O4. The Morgan fingerprint density at radius 1 is 0.396 bits per heavy atom. The number of carbonyl (C=O) groups is 2. The van der Waals surface area contributed by atoms with Gasteiger partial charge in [-0.05, 0) is 108 Å². The van der Waals surface area contributed by atoms with Gasteiger partial charge in [0, 0.05) is 46.3 Å². The summed E-state index contributed by atoms with van der Waals surface area (Å²) in [6.45, 7) is 6.92. The van der Waals surface area contributed by atoms with Gasteiger partial charge in [0.15, 0.2) is 0 Å². The van der Waals surface area contributed by atoms with Crippen molar-refractivity contribution in [3.8, 4) is 22.6 Å². The molecule has 6 aromatic rings. The van der Waals surface area contributed by atoms with E-state index in [1.807, 2.05) is 60.7 Å². The molecular weight excluding hydrogens is 596 g/mol. The molecule has 0 aromatic heterocycles. The Hall–Kier alpha value is -6.66. The standard InChI is InChI=1S/C42H32N2O4/c1-3-41(45)47-39-27-23-37(24-28-39)43(33-11-7-5-8-12-33)35-19-15-31(16-20-35)32-17-21-36(22-18-32)44(34-13-9-6-10-14-34)38-25-29-40(30-26-38)48-42(46)4-2/h3-30H,1-2H2. The third-order valence-corrected chi connectivity index (χ3v) is 7.57. The van der Waals surface area contributed by atoms with Crippen LogP contribution < -0.4 is 19.3 Å². The molecule has 0 fully saturated rings. The molecule has 234 valence electrons. The van der Waals surface area contributed by atoms with E-state index in [1.54, 1.807) is 24.3 Å². The van der Waals surface area contributed by atoms with Crippen molar-refractivity contribution in [3.05, 3.63) is 183 Å². The van der Waals surface area contributed by atoms with Crippen LogP contribution in [0.1, 0.15) is 0 Å². The van der Waals surface area contributed by atoms with Gasteiger partial charge in [-0.15, -0.1) is 0 Å². The molecule has 0 spiro atoms. The molecule has 0 N–H and O–H groups in total. The Morgan fingerprint density at radius 2 is 0.667 bits per heavy atom. The number of nitrogens with zero attached hydrogens (tertiary/aromatic N) is 2. The summed E-state index contributed by atoms with van der Waals surface area (Å²) in [4.78, 5) is 27.6. The van der Waals surface area contributed by atoms with Crippen molar-refractivity contribution >= 4 is 46.1 Å². The largest absolute Gasteiger partial charge is 0.423 e. The highest BCUT2D eigenvalue weighted by Crippen LogP contribution is 2.38. The maximum atomic E-state index is 11.7. The van der Waals surface area contributed by atoms with Gasteiger partial charge in [-0.25, -0.2) is 9.59 Å². The molecule has 6 nitrogen and oxygen atoms in total. The fourth-order valence-corrected chi connectivity index (χ4v) is 5.30. The quantitative estimate of drug-likeness (QED) is 0.0808. The summed E-state index contributed by atoms with van der Waals surface area (Å²) in [5.74, 6) is -0.0948. The van der Waals surface area contributed by atoms with Gasteiger partial charge in [-0.1, -0.05) is 73.8 Å². The van der Waals surface area contributed by atoms with E-state index in [4.69, 9.17) is 9.47 Å². The van der Waals surface area contributed by atoms with E-state index in [-0.39, 0.29) is 0 Å². The molecule has 0 aliphatic carbocycles. The SMILES string of the molecule is C=CC(=O)Oc1ccc(N(c2ccccc2)c2ccc(-c3ccc(N(c4ccccc4)c4ccc(OC(=O)C=C)cc4)cc3)cc2)cc1. The molecule has 0 aliphatic heterocycles. The van der Waals surface area contributed by atoms with Crippen LogP contribution in [0.4, 0.5) is 34.1 Å². The number of anilines is 6. The molecule has 48 heavy (non-hydrogen) atoms. The number of ether oxygens (including phenoxy) is 2. The second-order valence-corrected chi connectivity index (χ2v) is 10.7. The van der Waals surface area contributed by atoms with Crippen molar-refractivity contribution < 1.29 is 19.1 Å². The van der Waals surface area contributed by atoms with Gasteiger partial charge in [0.05, 0.1) is 0 Å². The predicted molar refractivity (Wildman–Crippen MR) is 193 cm³/mol. The van der Waals surface area contributed by atoms with E-state index in [1.165, 1.54) is 0 Å². The lowest BCUT2D eigenvalue weighted by Crippen LogP contribution is -2.10. The molecule has 0 aliphatic rings. The summed E-state index contributed by atoms with van der Waals surface area (Å²) >= 11 is 0. The van der Waals surface area contributed by atoms with Crippen molar-refractivity contribution in [2.45, 2.75) is 0 Å². The summed E-state index contributed by atoms with van der Waals surface area (Å²) < 4.78 is 10.5. The first-order valence-corrected chi connectivity index (χ1v) is 15.3. The number of rotatable bonds is 11. The molecule has 0 saturated heterocycles. The average Bonchev–Trinajstić information content (AvgIpc) is 3.14. The van der Waals surface area contributed by atoms with Crippen LogP contribution in [0.2, 0.25) is 0 Å². The van der Waals surface area contributed by atoms with E-state index in [0.29, 0.717) is 11.5 Å². The summed E-state index contributed by atoms with van der Waals surface area (Å²) in [7, 11) is 0. The van der Waals surface area contributed by atoms with Crippen molar-refractivity contribution in [1.82, 2.24) is 0 Å². The van der Waals surface area contributed by atoms with Crippen LogP contribution in [-0.4, -0.2) is 11.9 Å². The molecule has 0 saturated carbocycles. The van der Waals surface area contributed by atoms with Crippen LogP contribution >= 0.6 is 0 Å². The topological polar surface area (TPSA) is 59.1 Å². The van der Waals surface area contributed by atoms with Crippen LogP contribution in [0.5, 0.6) is 11.5 Å². The minimum Gasteiger partial charge on any atom is -0.423 e. The van der Waals surface area contributed by atoms with Gasteiger partial charge >= 0.3 is 11.9 Å². The number of hydrogen-bond acceptors (Lipinski definition) is 6. The molecule has 6 aromatic carbocycles. The van der Waals surface area contributed by atoms with E-state index in [0.717, 1.165) is 57.4 Å². The zero-order chi connectivity index (χ0) is 33.3. The van der Waals surface area contributed by atoms with Crippen LogP contribution in [0.25, 0.3) is 11.1 Å². The predicted octanol–water partition coefficient (Wildman–Crippen LogP) is 10.5. The Bertz CT molecular complexity index is 1860. The van der Waals surface area contributed by atoms with Gasteiger partial charge in [-0.2, -0.15) is 0 Å². The lowest BCUT2D eigenvalue weighted by Gasteiger charge is -2.26. The van der Waals surface area contributed by atoms with Crippen LogP contribution in [0.3, 0.4) is 0 Å². The van der Waals surface area contributed by atoms with Gasteiger partial charge in [0.25, 0.3) is 0 Å². The Kier molecular flexibility index (Phi) is 9.54. The van der Waals surface area contributed by atoms with Gasteiger partial charge in [-0.3, -0.25) is 0 Å². The number of para-hydroxylation sites is 2. The molecule has 0 atom stereocenters. The highest BCUT2D eigenvalue weighted by molar-refractivity contribution is 5.85. The minimum absolute atomic E-state index is 0.451. The Labute approximate surface area is 280 Å². The van der Waals surface area contributed by atoms with Crippen LogP contribution in [0.15, 0.2) is 183 Å². The van der Waals surface area contributed by atoms with E-state index < -0.39 is 11.9 Å². The summed E-state index contributed by atoms with van der Waals surface area (Å²) in [6.07, 6.45) is 2.29. The zero-order valence-corrected chi connectivity index (χ0v) is 26.1. The molecule has 6 heteroatoms.